The second kappa shape index (κ2) is 11.3. The number of nitrogens with one attached hydrogen (secondary N) is 1. The molecule has 1 fully saturated rings. The topological polar surface area (TPSA) is 12.0 Å². The van der Waals surface area contributed by atoms with Gasteiger partial charge in [0.1, 0.15) is 0 Å². The van der Waals surface area contributed by atoms with Crippen LogP contribution in [0.3, 0.4) is 0 Å². The first-order chi connectivity index (χ1) is 8.49. The van der Waals surface area contributed by atoms with Gasteiger partial charge in [0.05, 0.1) is 0 Å². The molecule has 1 N–H and O–H groups in total. The SMILES string of the molecule is C=C(C)/C=C1/CC(=C)N[C](=[V])CC1=C.CC.CC. The summed E-state index contributed by atoms with van der Waals surface area (Å²) in [4.78, 5) is 0. The average Bonchev–Trinajstić information content (AvgIpc) is 2.42. The van der Waals surface area contributed by atoms with E-state index in [1.165, 1.54) is 5.57 Å². The van der Waals surface area contributed by atoms with E-state index in [1.54, 1.807) is 0 Å². The third-order valence-corrected chi connectivity index (χ3v) is 2.40. The summed E-state index contributed by atoms with van der Waals surface area (Å²) in [6, 6.07) is 0. The van der Waals surface area contributed by atoms with E-state index in [9.17, 15) is 0 Å². The zero-order chi connectivity index (χ0) is 14.7. The molecule has 1 aliphatic heterocycles. The standard InChI is InChI=1S/C12H15N.2C2H6.V/c1-9(2)7-12-8-11(4)13-6-5-10(12)3;2*1-2;/h7,13H,1,3-5,8H2,2H3;2*1-2H3;/b12-7-;;;. The third kappa shape index (κ3) is 8.33. The molecule has 0 aromatic rings. The van der Waals surface area contributed by atoms with Crippen LogP contribution >= 0.6 is 0 Å². The summed E-state index contributed by atoms with van der Waals surface area (Å²) in [5.74, 6) is 0. The first kappa shape index (κ1) is 19.6. The number of hydrogen-bond acceptors (Lipinski definition) is 1. The molecule has 0 radical (unpaired) electrons. The van der Waals surface area contributed by atoms with E-state index in [4.69, 9.17) is 0 Å². The van der Waals surface area contributed by atoms with Crippen molar-refractivity contribution in [1.29, 1.82) is 0 Å². The van der Waals surface area contributed by atoms with Crippen molar-refractivity contribution >= 4 is 4.35 Å². The molecule has 0 atom stereocenters. The largest absolute Gasteiger partial charge is 0.0683 e. The molecule has 0 bridgehead atoms. The zero-order valence-corrected chi connectivity index (χ0v) is 14.0. The molecule has 0 saturated carbocycles. The molecule has 1 rings (SSSR count). The predicted molar refractivity (Wildman–Crippen MR) is 81.2 cm³/mol. The van der Waals surface area contributed by atoms with Crippen molar-refractivity contribution < 1.29 is 17.0 Å². The fraction of sp³-hybridized carbons (Fsp3) is 0.438. The summed E-state index contributed by atoms with van der Waals surface area (Å²) in [5.41, 5.74) is 4.46. The Bertz CT molecular complexity index is 348. The Morgan fingerprint density at radius 2 is 1.67 bits per heavy atom. The third-order valence-electron chi connectivity index (χ3n) is 1.98. The van der Waals surface area contributed by atoms with E-state index in [0.29, 0.717) is 0 Å². The van der Waals surface area contributed by atoms with E-state index in [0.717, 1.165) is 34.0 Å². The van der Waals surface area contributed by atoms with Crippen molar-refractivity contribution in [3.63, 3.8) is 0 Å². The molecule has 1 heterocycles. The maximum absolute atomic E-state index is 4.07. The Hall–Kier alpha value is -0.786. The van der Waals surface area contributed by atoms with Gasteiger partial charge in [-0.05, 0) is 0 Å². The van der Waals surface area contributed by atoms with E-state index < -0.39 is 0 Å². The molecule has 0 aromatic heterocycles. The summed E-state index contributed by atoms with van der Waals surface area (Å²) >= 11 is 2.53. The molecular formula is C16H27NV. The van der Waals surface area contributed by atoms with Crippen LogP contribution in [0.25, 0.3) is 0 Å². The van der Waals surface area contributed by atoms with E-state index in [-0.39, 0.29) is 0 Å². The molecule has 0 unspecified atom stereocenters. The number of allylic oxidation sites excluding steroid dienone is 3. The van der Waals surface area contributed by atoms with Gasteiger partial charge >= 0.3 is 94.6 Å². The van der Waals surface area contributed by atoms with Crippen molar-refractivity contribution in [2.24, 2.45) is 0 Å². The fourth-order valence-electron chi connectivity index (χ4n) is 1.41. The Morgan fingerprint density at radius 3 is 2.11 bits per heavy atom. The van der Waals surface area contributed by atoms with Gasteiger partial charge in [0.2, 0.25) is 0 Å². The van der Waals surface area contributed by atoms with Crippen LogP contribution in [0.5, 0.6) is 0 Å². The second-order valence-corrected chi connectivity index (χ2v) is 4.49. The smallest absolute Gasteiger partial charge is 0.0683 e. The van der Waals surface area contributed by atoms with Crippen LogP contribution in [0, 0.1) is 0 Å². The van der Waals surface area contributed by atoms with Crippen LogP contribution in [0.1, 0.15) is 47.5 Å². The second-order valence-electron chi connectivity index (χ2n) is 3.65. The summed E-state index contributed by atoms with van der Waals surface area (Å²) in [5, 5.41) is 3.24. The average molecular weight is 284 g/mol. The minimum absolute atomic E-state index is 0.840. The van der Waals surface area contributed by atoms with E-state index in [2.05, 4.69) is 48.1 Å². The molecule has 0 aromatic carbocycles. The summed E-state index contributed by atoms with van der Waals surface area (Å²) in [6.45, 7) is 21.9. The van der Waals surface area contributed by atoms with Crippen molar-refractivity contribution in [2.75, 3.05) is 0 Å². The van der Waals surface area contributed by atoms with Gasteiger partial charge in [-0.3, -0.25) is 0 Å². The normalized spacial score (nSPS) is 16.7. The monoisotopic (exact) mass is 284 g/mol. The van der Waals surface area contributed by atoms with Gasteiger partial charge in [-0.1, -0.05) is 27.7 Å². The van der Waals surface area contributed by atoms with Crippen molar-refractivity contribution in [3.05, 3.63) is 48.2 Å². The van der Waals surface area contributed by atoms with Gasteiger partial charge in [-0.2, -0.15) is 0 Å². The molecule has 1 aliphatic rings. The molecular weight excluding hydrogens is 257 g/mol. The van der Waals surface area contributed by atoms with Crippen LogP contribution < -0.4 is 5.32 Å². The van der Waals surface area contributed by atoms with Gasteiger partial charge in [-0.25, -0.2) is 0 Å². The summed E-state index contributed by atoms with van der Waals surface area (Å²) in [7, 11) is 0. The maximum Gasteiger partial charge on any atom is -0.0683 e. The summed E-state index contributed by atoms with van der Waals surface area (Å²) in [6.07, 6.45) is 3.80. The Morgan fingerprint density at radius 1 is 1.17 bits per heavy atom. The van der Waals surface area contributed by atoms with E-state index >= 15 is 0 Å². The molecule has 101 valence electrons. The first-order valence-corrected chi connectivity index (χ1v) is 7.22. The molecule has 0 amide bonds. The van der Waals surface area contributed by atoms with Gasteiger partial charge in [-0.15, -0.1) is 0 Å². The molecule has 18 heavy (non-hydrogen) atoms. The Kier molecular flexibility index (Phi) is 12.3. The minimum Gasteiger partial charge on any atom is -0.0683 e. The molecule has 1 nitrogen and oxygen atoms in total. The van der Waals surface area contributed by atoms with Gasteiger partial charge < -0.3 is 0 Å². The van der Waals surface area contributed by atoms with Crippen molar-refractivity contribution in [1.82, 2.24) is 5.32 Å². The first-order valence-electron chi connectivity index (χ1n) is 6.53. The van der Waals surface area contributed by atoms with E-state index in [1.807, 2.05) is 34.6 Å². The van der Waals surface area contributed by atoms with Crippen LogP contribution in [-0.2, 0) is 17.0 Å². The van der Waals surface area contributed by atoms with Gasteiger partial charge in [0.15, 0.2) is 0 Å². The van der Waals surface area contributed by atoms with Crippen molar-refractivity contribution in [3.8, 4) is 0 Å². The molecule has 0 spiro atoms. The fourth-order valence-corrected chi connectivity index (χ4v) is 1.96. The van der Waals surface area contributed by atoms with Crippen LogP contribution in [0.15, 0.2) is 48.2 Å². The number of hydrogen-bond donors (Lipinski definition) is 1. The van der Waals surface area contributed by atoms with Crippen LogP contribution in [0.4, 0.5) is 0 Å². The molecule has 1 saturated heterocycles. The molecule has 0 aliphatic carbocycles. The number of rotatable bonds is 1. The maximum atomic E-state index is 4.07. The minimum atomic E-state index is 0.840. The van der Waals surface area contributed by atoms with Gasteiger partial charge in [0, 0.05) is 0 Å². The Balaban J connectivity index is 0. The van der Waals surface area contributed by atoms with Crippen LogP contribution in [-0.4, -0.2) is 4.35 Å². The van der Waals surface area contributed by atoms with Crippen molar-refractivity contribution in [2.45, 2.75) is 47.5 Å². The zero-order valence-electron chi connectivity index (χ0n) is 12.6. The van der Waals surface area contributed by atoms with Crippen LogP contribution in [0.2, 0.25) is 0 Å². The van der Waals surface area contributed by atoms with Gasteiger partial charge in [0.25, 0.3) is 0 Å². The predicted octanol–water partition coefficient (Wildman–Crippen LogP) is 4.67. The molecule has 2 heteroatoms. The Labute approximate surface area is 122 Å². The quantitative estimate of drug-likeness (QED) is 0.737. The summed E-state index contributed by atoms with van der Waals surface area (Å²) < 4.78 is 1.15.